The Hall–Kier alpha value is -0.120. The van der Waals surface area contributed by atoms with Crippen molar-refractivity contribution in [3.8, 4) is 0 Å². The topological polar surface area (TPSA) is 61.3 Å². The lowest BCUT2D eigenvalue weighted by Crippen LogP contribution is -2.44. The van der Waals surface area contributed by atoms with Crippen LogP contribution in [0.1, 0.15) is 97.8 Å². The molecule has 4 N–H and O–H groups in total. The highest BCUT2D eigenvalue weighted by Gasteiger charge is 2.23. The molecule has 0 heterocycles. The van der Waals surface area contributed by atoms with Gasteiger partial charge >= 0.3 is 0 Å². The summed E-state index contributed by atoms with van der Waals surface area (Å²) in [6.45, 7) is 8.15. The number of rotatable bonds is 16. The Kier molecular flexibility index (Phi) is 14.4. The van der Waals surface area contributed by atoms with E-state index in [0.29, 0.717) is 6.54 Å². The number of hydrogen-bond donors (Lipinski definition) is 2. The van der Waals surface area contributed by atoms with Gasteiger partial charge in [0, 0.05) is 13.0 Å². The van der Waals surface area contributed by atoms with Crippen LogP contribution in [0.3, 0.4) is 0 Å². The van der Waals surface area contributed by atoms with E-state index in [4.69, 9.17) is 16.2 Å². The van der Waals surface area contributed by atoms with E-state index < -0.39 is 5.72 Å². The fourth-order valence-corrected chi connectivity index (χ4v) is 2.93. The molecule has 0 bridgehead atoms. The third-order valence-corrected chi connectivity index (χ3v) is 4.31. The molecule has 0 saturated heterocycles. The van der Waals surface area contributed by atoms with Crippen LogP contribution in [0.25, 0.3) is 0 Å². The van der Waals surface area contributed by atoms with Crippen LogP contribution in [-0.4, -0.2) is 18.9 Å². The average molecular weight is 315 g/mol. The highest BCUT2D eigenvalue weighted by molar-refractivity contribution is 4.73. The fraction of sp³-hybridized carbons (Fsp3) is 1.00. The van der Waals surface area contributed by atoms with E-state index in [1.807, 2.05) is 0 Å². The molecule has 0 aromatic heterocycles. The standard InChI is InChI=1S/C19H42N2O/c1-4-14-19(21,15-16-20)22-17-12-10-8-6-5-7-9-11-13-18(2)3/h18H,4-17,20-21H2,1-3H3. The van der Waals surface area contributed by atoms with Gasteiger partial charge in [0.15, 0.2) is 0 Å². The molecular weight excluding hydrogens is 272 g/mol. The molecule has 1 unspecified atom stereocenters. The van der Waals surface area contributed by atoms with Crippen LogP contribution in [0.15, 0.2) is 0 Å². The molecule has 134 valence electrons. The molecule has 3 heteroatoms. The van der Waals surface area contributed by atoms with E-state index in [-0.39, 0.29) is 0 Å². The summed E-state index contributed by atoms with van der Waals surface area (Å²) in [5, 5.41) is 0. The van der Waals surface area contributed by atoms with E-state index in [1.54, 1.807) is 0 Å². The summed E-state index contributed by atoms with van der Waals surface area (Å²) in [5.41, 5.74) is 11.4. The van der Waals surface area contributed by atoms with Crippen LogP contribution in [-0.2, 0) is 4.74 Å². The smallest absolute Gasteiger partial charge is 0.117 e. The first-order valence-electron chi connectivity index (χ1n) is 9.67. The van der Waals surface area contributed by atoms with Crippen molar-refractivity contribution in [1.29, 1.82) is 0 Å². The van der Waals surface area contributed by atoms with Crippen molar-refractivity contribution in [2.45, 2.75) is 104 Å². The van der Waals surface area contributed by atoms with Gasteiger partial charge in [-0.15, -0.1) is 0 Å². The molecule has 0 aromatic rings. The van der Waals surface area contributed by atoms with Gasteiger partial charge in [0.25, 0.3) is 0 Å². The Morgan fingerprint density at radius 1 is 0.864 bits per heavy atom. The minimum atomic E-state index is -0.486. The molecule has 3 nitrogen and oxygen atoms in total. The summed E-state index contributed by atoms with van der Waals surface area (Å²) in [4.78, 5) is 0. The normalized spacial score (nSPS) is 14.5. The minimum Gasteiger partial charge on any atom is -0.361 e. The predicted octanol–water partition coefficient (Wildman–Crippen LogP) is 4.97. The molecule has 0 fully saturated rings. The number of unbranched alkanes of at least 4 members (excludes halogenated alkanes) is 7. The summed E-state index contributed by atoms with van der Waals surface area (Å²) in [7, 11) is 0. The summed E-state index contributed by atoms with van der Waals surface area (Å²) >= 11 is 0. The molecule has 0 amide bonds. The van der Waals surface area contributed by atoms with E-state index >= 15 is 0 Å². The van der Waals surface area contributed by atoms with Gasteiger partial charge in [-0.2, -0.15) is 0 Å². The second-order valence-electron chi connectivity index (χ2n) is 7.21. The first kappa shape index (κ1) is 21.9. The lowest BCUT2D eigenvalue weighted by molar-refractivity contribution is -0.0534. The van der Waals surface area contributed by atoms with Crippen molar-refractivity contribution in [2.75, 3.05) is 13.2 Å². The van der Waals surface area contributed by atoms with Crippen LogP contribution in [0.4, 0.5) is 0 Å². The number of nitrogens with two attached hydrogens (primary N) is 2. The number of hydrogen-bond acceptors (Lipinski definition) is 3. The number of ether oxygens (including phenoxy) is 1. The maximum absolute atomic E-state index is 6.25. The molecule has 0 spiro atoms. The second-order valence-corrected chi connectivity index (χ2v) is 7.21. The van der Waals surface area contributed by atoms with E-state index in [2.05, 4.69) is 20.8 Å². The van der Waals surface area contributed by atoms with Crippen molar-refractivity contribution in [3.63, 3.8) is 0 Å². The first-order chi connectivity index (χ1) is 10.5. The third-order valence-electron chi connectivity index (χ3n) is 4.31. The summed E-state index contributed by atoms with van der Waals surface area (Å²) in [6.07, 6.45) is 14.8. The maximum Gasteiger partial charge on any atom is 0.117 e. The van der Waals surface area contributed by atoms with E-state index in [0.717, 1.165) is 38.2 Å². The second kappa shape index (κ2) is 14.5. The zero-order valence-electron chi connectivity index (χ0n) is 15.5. The van der Waals surface area contributed by atoms with Gasteiger partial charge in [-0.25, -0.2) is 0 Å². The Balaban J connectivity index is 3.38. The lowest BCUT2D eigenvalue weighted by Gasteiger charge is -2.29. The molecule has 0 radical (unpaired) electrons. The van der Waals surface area contributed by atoms with Gasteiger partial charge in [-0.3, -0.25) is 0 Å². The van der Waals surface area contributed by atoms with Gasteiger partial charge < -0.3 is 16.2 Å². The molecule has 0 aliphatic carbocycles. The summed E-state index contributed by atoms with van der Waals surface area (Å²) in [5.74, 6) is 0.863. The van der Waals surface area contributed by atoms with Crippen molar-refractivity contribution >= 4 is 0 Å². The van der Waals surface area contributed by atoms with Gasteiger partial charge in [0.1, 0.15) is 5.72 Å². The highest BCUT2D eigenvalue weighted by atomic mass is 16.5. The largest absolute Gasteiger partial charge is 0.361 e. The van der Waals surface area contributed by atoms with Crippen molar-refractivity contribution in [1.82, 2.24) is 0 Å². The molecular formula is C19H42N2O. The third kappa shape index (κ3) is 13.5. The Morgan fingerprint density at radius 2 is 1.41 bits per heavy atom. The zero-order valence-corrected chi connectivity index (χ0v) is 15.5. The molecule has 1 atom stereocenters. The quantitative estimate of drug-likeness (QED) is 0.312. The Bertz CT molecular complexity index is 225. The highest BCUT2D eigenvalue weighted by Crippen LogP contribution is 2.17. The van der Waals surface area contributed by atoms with Gasteiger partial charge in [0.2, 0.25) is 0 Å². The predicted molar refractivity (Wildman–Crippen MR) is 97.8 cm³/mol. The van der Waals surface area contributed by atoms with Crippen molar-refractivity contribution < 1.29 is 4.74 Å². The van der Waals surface area contributed by atoms with Crippen molar-refractivity contribution in [2.24, 2.45) is 17.4 Å². The van der Waals surface area contributed by atoms with Crippen LogP contribution >= 0.6 is 0 Å². The molecule has 0 aromatic carbocycles. The van der Waals surface area contributed by atoms with E-state index in [1.165, 1.54) is 51.4 Å². The molecule has 0 rings (SSSR count). The first-order valence-corrected chi connectivity index (χ1v) is 9.67. The van der Waals surface area contributed by atoms with Gasteiger partial charge in [-0.1, -0.05) is 78.6 Å². The minimum absolute atomic E-state index is 0.486. The Morgan fingerprint density at radius 3 is 1.91 bits per heavy atom. The summed E-state index contributed by atoms with van der Waals surface area (Å²) < 4.78 is 5.89. The van der Waals surface area contributed by atoms with Crippen LogP contribution in [0.2, 0.25) is 0 Å². The Labute approximate surface area is 139 Å². The molecule has 0 saturated carbocycles. The van der Waals surface area contributed by atoms with Crippen LogP contribution in [0.5, 0.6) is 0 Å². The fourth-order valence-electron chi connectivity index (χ4n) is 2.93. The van der Waals surface area contributed by atoms with Crippen LogP contribution in [0, 0.1) is 5.92 Å². The zero-order chi connectivity index (χ0) is 16.7. The van der Waals surface area contributed by atoms with Gasteiger partial charge in [0.05, 0.1) is 0 Å². The van der Waals surface area contributed by atoms with Crippen molar-refractivity contribution in [3.05, 3.63) is 0 Å². The van der Waals surface area contributed by atoms with Gasteiger partial charge in [-0.05, 0) is 25.3 Å². The monoisotopic (exact) mass is 314 g/mol. The summed E-state index contributed by atoms with van der Waals surface area (Å²) in [6, 6.07) is 0. The molecule has 0 aliphatic heterocycles. The van der Waals surface area contributed by atoms with E-state index in [9.17, 15) is 0 Å². The maximum atomic E-state index is 6.25. The SMILES string of the molecule is CCCC(N)(CCN)OCCCCCCCCCCC(C)C. The average Bonchev–Trinajstić information content (AvgIpc) is 2.45. The van der Waals surface area contributed by atoms with Crippen LogP contribution < -0.4 is 11.5 Å². The molecule has 22 heavy (non-hydrogen) atoms. The molecule has 0 aliphatic rings. The lowest BCUT2D eigenvalue weighted by atomic mass is 10.0.